The number of piperidine rings is 1. The van der Waals surface area contributed by atoms with Gasteiger partial charge >= 0.3 is 0 Å². The molecule has 1 heterocycles. The van der Waals surface area contributed by atoms with Crippen molar-refractivity contribution in [2.24, 2.45) is 0 Å². The van der Waals surface area contributed by atoms with E-state index in [9.17, 15) is 10.1 Å². The Labute approximate surface area is 127 Å². The van der Waals surface area contributed by atoms with Crippen LogP contribution < -0.4 is 4.90 Å². The molecule has 0 N–H and O–H groups in total. The summed E-state index contributed by atoms with van der Waals surface area (Å²) < 4.78 is 0. The van der Waals surface area contributed by atoms with E-state index in [0.29, 0.717) is 11.4 Å². The van der Waals surface area contributed by atoms with Gasteiger partial charge in [0.1, 0.15) is 0 Å². The SMILES string of the molecule is CN1CCCC(N(C)c2ccc([N+](=O)[O-])cc2CBr)C1. The summed E-state index contributed by atoms with van der Waals surface area (Å²) in [5.41, 5.74) is 2.19. The maximum atomic E-state index is 10.9. The molecule has 0 amide bonds. The van der Waals surface area contributed by atoms with Gasteiger partial charge in [-0.25, -0.2) is 0 Å². The monoisotopic (exact) mass is 341 g/mol. The molecule has 1 aromatic rings. The van der Waals surface area contributed by atoms with Gasteiger partial charge in [0.05, 0.1) is 4.92 Å². The minimum absolute atomic E-state index is 0.150. The molecule has 1 atom stereocenters. The van der Waals surface area contributed by atoms with Crippen molar-refractivity contribution in [1.29, 1.82) is 0 Å². The molecule has 110 valence electrons. The highest BCUT2D eigenvalue weighted by atomic mass is 79.9. The van der Waals surface area contributed by atoms with Crippen molar-refractivity contribution in [3.8, 4) is 0 Å². The van der Waals surface area contributed by atoms with Gasteiger partial charge in [0.15, 0.2) is 0 Å². The van der Waals surface area contributed by atoms with Gasteiger partial charge < -0.3 is 9.80 Å². The molecule has 6 heteroatoms. The van der Waals surface area contributed by atoms with Gasteiger partial charge in [-0.3, -0.25) is 10.1 Å². The van der Waals surface area contributed by atoms with Crippen molar-refractivity contribution in [3.05, 3.63) is 33.9 Å². The molecule has 1 unspecified atom stereocenters. The van der Waals surface area contributed by atoms with E-state index in [1.165, 1.54) is 12.8 Å². The third-order valence-electron chi connectivity index (χ3n) is 3.95. The quantitative estimate of drug-likeness (QED) is 0.479. The molecule has 0 spiro atoms. The zero-order valence-corrected chi connectivity index (χ0v) is 13.5. The number of hydrogen-bond acceptors (Lipinski definition) is 4. The van der Waals surface area contributed by atoms with Gasteiger partial charge in [-0.15, -0.1) is 0 Å². The second-order valence-electron chi connectivity index (χ2n) is 5.37. The third-order valence-corrected chi connectivity index (χ3v) is 4.55. The van der Waals surface area contributed by atoms with Crippen LogP contribution in [0.15, 0.2) is 18.2 Å². The summed E-state index contributed by atoms with van der Waals surface area (Å²) in [7, 11) is 4.22. The van der Waals surface area contributed by atoms with Crippen LogP contribution in [0.2, 0.25) is 0 Å². The molecule has 0 radical (unpaired) electrons. The fourth-order valence-corrected chi connectivity index (χ4v) is 3.24. The molecule has 1 saturated heterocycles. The van der Waals surface area contributed by atoms with E-state index in [0.717, 1.165) is 24.3 Å². The zero-order valence-electron chi connectivity index (χ0n) is 11.9. The molecular formula is C14H20BrN3O2. The minimum atomic E-state index is -0.343. The third kappa shape index (κ3) is 3.30. The summed E-state index contributed by atoms with van der Waals surface area (Å²) in [4.78, 5) is 15.1. The van der Waals surface area contributed by atoms with Crippen molar-refractivity contribution in [1.82, 2.24) is 4.90 Å². The van der Waals surface area contributed by atoms with Gasteiger partial charge in [0.2, 0.25) is 0 Å². The summed E-state index contributed by atoms with van der Waals surface area (Å²) in [5.74, 6) is 0. The van der Waals surface area contributed by atoms with Crippen LogP contribution in [0.1, 0.15) is 18.4 Å². The van der Waals surface area contributed by atoms with Crippen molar-refractivity contribution in [2.75, 3.05) is 32.1 Å². The second kappa shape index (κ2) is 6.54. The largest absolute Gasteiger partial charge is 0.370 e. The molecule has 1 aromatic carbocycles. The molecular weight excluding hydrogens is 322 g/mol. The maximum absolute atomic E-state index is 10.9. The Kier molecular flexibility index (Phi) is 4.99. The van der Waals surface area contributed by atoms with Crippen LogP contribution in [0.5, 0.6) is 0 Å². The standard InChI is InChI=1S/C14H20BrN3O2/c1-16-7-3-4-13(10-16)17(2)14-6-5-12(18(19)20)8-11(14)9-15/h5-6,8,13H,3-4,7,9-10H2,1-2H3. The molecule has 1 aliphatic rings. The molecule has 5 nitrogen and oxygen atoms in total. The second-order valence-corrected chi connectivity index (χ2v) is 5.93. The number of non-ortho nitro benzene ring substituents is 1. The van der Waals surface area contributed by atoms with Gasteiger partial charge in [-0.05, 0) is 38.1 Å². The smallest absolute Gasteiger partial charge is 0.269 e. The lowest BCUT2D eigenvalue weighted by molar-refractivity contribution is -0.384. The van der Waals surface area contributed by atoms with E-state index >= 15 is 0 Å². The number of hydrogen-bond donors (Lipinski definition) is 0. The van der Waals surface area contributed by atoms with E-state index in [1.807, 2.05) is 6.07 Å². The van der Waals surface area contributed by atoms with Crippen molar-refractivity contribution >= 4 is 27.3 Å². The van der Waals surface area contributed by atoms with E-state index in [4.69, 9.17) is 0 Å². The van der Waals surface area contributed by atoms with Gasteiger partial charge in [-0.1, -0.05) is 15.9 Å². The number of nitro benzene ring substituents is 1. The molecule has 1 aliphatic heterocycles. The Hall–Kier alpha value is -1.14. The van der Waals surface area contributed by atoms with Crippen LogP contribution >= 0.6 is 15.9 Å². The predicted octanol–water partition coefficient (Wildman–Crippen LogP) is 3.02. The molecule has 0 aliphatic carbocycles. The molecule has 0 aromatic heterocycles. The number of anilines is 1. The van der Waals surface area contributed by atoms with Gasteiger partial charge in [-0.2, -0.15) is 0 Å². The zero-order chi connectivity index (χ0) is 14.7. The van der Waals surface area contributed by atoms with Crippen LogP contribution in [0.25, 0.3) is 0 Å². The lowest BCUT2D eigenvalue weighted by atomic mass is 10.0. The van der Waals surface area contributed by atoms with Crippen molar-refractivity contribution in [2.45, 2.75) is 24.2 Å². The predicted molar refractivity (Wildman–Crippen MR) is 84.6 cm³/mol. The minimum Gasteiger partial charge on any atom is -0.370 e. The first-order chi connectivity index (χ1) is 9.52. The van der Waals surface area contributed by atoms with Crippen LogP contribution in [0.3, 0.4) is 0 Å². The fraction of sp³-hybridized carbons (Fsp3) is 0.571. The first kappa shape index (κ1) is 15.3. The number of likely N-dealkylation sites (tertiary alicyclic amines) is 1. The Morgan fingerprint density at radius 2 is 2.30 bits per heavy atom. The number of halogens is 1. The summed E-state index contributed by atoms with van der Waals surface area (Å²) in [6.07, 6.45) is 2.36. The Bertz CT molecular complexity index is 495. The first-order valence-electron chi connectivity index (χ1n) is 6.77. The first-order valence-corrected chi connectivity index (χ1v) is 7.89. The van der Waals surface area contributed by atoms with E-state index in [1.54, 1.807) is 12.1 Å². The van der Waals surface area contributed by atoms with E-state index in [-0.39, 0.29) is 10.6 Å². The van der Waals surface area contributed by atoms with Crippen molar-refractivity contribution in [3.63, 3.8) is 0 Å². The number of likely N-dealkylation sites (N-methyl/N-ethyl adjacent to an activating group) is 2. The van der Waals surface area contributed by atoms with Crippen molar-refractivity contribution < 1.29 is 4.92 Å². The number of nitrogens with zero attached hydrogens (tertiary/aromatic N) is 3. The average Bonchev–Trinajstić information content (AvgIpc) is 2.45. The number of alkyl halides is 1. The summed E-state index contributed by atoms with van der Waals surface area (Å²) >= 11 is 3.44. The number of nitro groups is 1. The topological polar surface area (TPSA) is 49.6 Å². The van der Waals surface area contributed by atoms with Crippen LogP contribution in [-0.4, -0.2) is 43.0 Å². The molecule has 0 bridgehead atoms. The van der Waals surface area contributed by atoms with Gasteiger partial charge in [0, 0.05) is 42.8 Å². The van der Waals surface area contributed by atoms with Gasteiger partial charge in [0.25, 0.3) is 5.69 Å². The summed E-state index contributed by atoms with van der Waals surface area (Å²) in [6.45, 7) is 2.19. The Morgan fingerprint density at radius 3 is 2.90 bits per heavy atom. The Morgan fingerprint density at radius 1 is 1.55 bits per heavy atom. The summed E-state index contributed by atoms with van der Waals surface area (Å²) in [6, 6.07) is 5.58. The van der Waals surface area contributed by atoms with Crippen LogP contribution in [0, 0.1) is 10.1 Å². The fourth-order valence-electron chi connectivity index (χ4n) is 2.79. The number of rotatable bonds is 4. The molecule has 2 rings (SSSR count). The highest BCUT2D eigenvalue weighted by Crippen LogP contribution is 2.29. The Balaban J connectivity index is 2.24. The lowest BCUT2D eigenvalue weighted by Gasteiger charge is -2.37. The summed E-state index contributed by atoms with van der Waals surface area (Å²) in [5, 5.41) is 11.5. The highest BCUT2D eigenvalue weighted by molar-refractivity contribution is 9.08. The molecule has 1 fully saturated rings. The van der Waals surface area contributed by atoms with Crippen LogP contribution in [0.4, 0.5) is 11.4 Å². The maximum Gasteiger partial charge on any atom is 0.269 e. The normalized spacial score (nSPS) is 19.9. The molecule has 20 heavy (non-hydrogen) atoms. The lowest BCUT2D eigenvalue weighted by Crippen LogP contribution is -2.45. The molecule has 0 saturated carbocycles. The van der Waals surface area contributed by atoms with Crippen LogP contribution in [-0.2, 0) is 5.33 Å². The number of benzene rings is 1. The van der Waals surface area contributed by atoms with E-state index in [2.05, 4.69) is 39.8 Å². The average molecular weight is 342 g/mol. The van der Waals surface area contributed by atoms with E-state index < -0.39 is 0 Å². The highest BCUT2D eigenvalue weighted by Gasteiger charge is 2.23.